The van der Waals surface area contributed by atoms with Gasteiger partial charge in [0, 0.05) is 66.9 Å². The third-order valence-electron chi connectivity index (χ3n) is 24.4. The number of ether oxygens (including phenoxy) is 8. The van der Waals surface area contributed by atoms with E-state index in [9.17, 15) is 93.9 Å². The molecule has 3 saturated heterocycles. The molecule has 7 aromatic carbocycles. The summed E-state index contributed by atoms with van der Waals surface area (Å²) < 4.78 is 90.7. The smallest absolute Gasteiger partial charge is 0.416 e. The van der Waals surface area contributed by atoms with Crippen molar-refractivity contribution in [3.05, 3.63) is 176 Å². The first-order valence-corrected chi connectivity index (χ1v) is 42.7. The molecule has 8 aliphatic rings. The second-order valence-corrected chi connectivity index (χ2v) is 34.7. The maximum atomic E-state index is 16.6. The van der Waals surface area contributed by atoms with E-state index in [0.29, 0.717) is 23.1 Å². The van der Waals surface area contributed by atoms with Crippen molar-refractivity contribution in [1.82, 2.24) is 31.9 Å². The molecule has 3 fully saturated rings. The minimum Gasteiger partial charge on any atom is -0.507 e. The molecule has 36 nitrogen and oxygen atoms in total. The van der Waals surface area contributed by atoms with Crippen LogP contribution in [-0.4, -0.2) is 225 Å². The van der Waals surface area contributed by atoms with E-state index >= 15 is 24.0 Å². The fourth-order valence-corrected chi connectivity index (χ4v) is 17.5. The molecule has 11 bridgehead atoms. The normalized spacial score (nSPS) is 29.2. The Labute approximate surface area is 756 Å². The maximum Gasteiger partial charge on any atom is 0.416 e. The molecule has 15 rings (SSSR count). The molecule has 5 amide bonds. The lowest BCUT2D eigenvalue weighted by molar-refractivity contribution is -0.334. The molecule has 0 aromatic heterocycles. The summed E-state index contributed by atoms with van der Waals surface area (Å²) in [6, 6.07) is 16.2. The SMILES string of the molecule is CC[C@H](CC(C)C)C(=O)N[C@H]1C(=O)C[C@@H](CC(N)=O)C(=O)N[C@H]2C(=O)C[C@@H]3C(=O)N[C@H](C(=O)N[C@H](OC=O)c4cc(O)c(CNC5C(O)OC(CO)[C@H](O)[C@@H]5O)c(O)c4-c4cc3ccc4O)[C@H](O)c3ccc(c(Cl)c3)Oc3cc2cc(c3O[C@@H]2O[C@H](CO)C(O)C(O)[C@H]2O[C@H]2CC(C)(NCc3ccc(-c4ccc(C(F)(F)F)cc4)cc3)[C@H](O)[C@H](C)O2)Oc2ccc(cc2Cl)[C@H]1O. The van der Waals surface area contributed by atoms with Crippen molar-refractivity contribution < 1.29 is 156 Å². The number of Topliss-reactive ketones (excluding diaryl/α,β-unsaturated/α-hetero) is 2. The van der Waals surface area contributed by atoms with Crippen molar-refractivity contribution in [2.24, 2.45) is 23.5 Å². The van der Waals surface area contributed by atoms with Gasteiger partial charge in [-0.3, -0.25) is 38.4 Å². The van der Waals surface area contributed by atoms with E-state index in [2.05, 4.69) is 31.9 Å². The number of ketones is 2. The van der Waals surface area contributed by atoms with Gasteiger partial charge in [0.15, 0.2) is 41.7 Å². The average molecular weight is 1870 g/mol. The quantitative estimate of drug-likeness (QED) is 0.0398. The molecule has 0 radical (unpaired) electrons. The van der Waals surface area contributed by atoms with Gasteiger partial charge in [0.1, 0.15) is 95.7 Å². The number of carbonyl (C=O) groups excluding carboxylic acids is 8. The summed E-state index contributed by atoms with van der Waals surface area (Å²) in [6.07, 6.45) is -35.0. The van der Waals surface area contributed by atoms with Crippen LogP contribution >= 0.6 is 23.2 Å². The standard InChI is InChI=1S/C90H100Cl2F3N7O29/c1-6-40(21-37(2)3)82(119)100-69-57(108)25-47(28-65(96)110)83(120)99-68-46-26-61(126-59-19-14-44(72(69)111)23-53(59)91)79(131-88-80(78(117)76(115)64(35-104)129-88)130-66-31-89(5,81(118)38(4)125-66)98-32-39-7-9-41(10-8-39)42-11-16-48(17-12-42)90(93,94)95)62(27-46)127-60-20-15-45(24-54(60)92)73(112)70-85(122)102-86(124-36-105)51-30-56(107)52(33-97-71-77(116)75(114)63(34-103)128-87(71)123)74(113)67(51)50-22-43(13-18-55(50)106)49(29-58(68)109)84(121)101-70/h7-20,22-24,26-27,30,36-38,40,47,49,63-64,66,68-73,75-78,80-81,86-88,97-98,103-104,106-107,111-118,123H,6,21,25,28-29,31-35H2,1-5H3,(H2,96,110)(H,99,120)(H,100,119)(H,101,121)(H,102,122)/t38-,40+,47-,49-,63?,64+,66-,68+,69-,70-,71?,72+,73+,75-,76?,77+,78?,80+,81+,86+,87?,88-,89?/m0/s1. The molecular formula is C90H100Cl2F3N7O29. The Balaban J connectivity index is 0.973. The number of carbonyl (C=O) groups is 8. The van der Waals surface area contributed by atoms with Gasteiger partial charge in [-0.05, 0) is 138 Å². The number of hydrogen-bond donors (Lipinski definition) is 20. The van der Waals surface area contributed by atoms with Gasteiger partial charge in [-0.1, -0.05) is 98.6 Å². The van der Waals surface area contributed by atoms with E-state index in [1.165, 1.54) is 31.2 Å². The Morgan fingerprint density at radius 2 is 1.29 bits per heavy atom. The Bertz CT molecular complexity index is 5420. The molecule has 7 aromatic rings. The van der Waals surface area contributed by atoms with Gasteiger partial charge in [-0.25, -0.2) is 0 Å². The number of rotatable bonds is 22. The summed E-state index contributed by atoms with van der Waals surface area (Å²) in [5.41, 5.74) is 1.96. The molecule has 6 unspecified atom stereocenters. The number of primary amides is 1. The van der Waals surface area contributed by atoms with Crippen LogP contribution in [-0.2, 0) is 81.3 Å². The number of amides is 5. The van der Waals surface area contributed by atoms with Gasteiger partial charge in [-0.15, -0.1) is 0 Å². The summed E-state index contributed by atoms with van der Waals surface area (Å²) in [4.78, 5) is 119. The number of fused-ring (bicyclic) bond motifs is 15. The summed E-state index contributed by atoms with van der Waals surface area (Å²) in [5, 5.41) is 167. The predicted molar refractivity (Wildman–Crippen MR) is 453 cm³/mol. The minimum absolute atomic E-state index is 0.0616. The van der Waals surface area contributed by atoms with Gasteiger partial charge in [0.05, 0.1) is 64.5 Å². The number of phenols is 3. The van der Waals surface area contributed by atoms with E-state index in [0.717, 1.165) is 72.8 Å². The molecule has 41 heteroatoms. The van der Waals surface area contributed by atoms with Crippen molar-refractivity contribution in [3.63, 3.8) is 0 Å². The highest BCUT2D eigenvalue weighted by atomic mass is 35.5. The first-order valence-electron chi connectivity index (χ1n) is 42.0. The van der Waals surface area contributed by atoms with Crippen LogP contribution in [0.5, 0.6) is 46.0 Å². The first-order chi connectivity index (χ1) is 62.1. The monoisotopic (exact) mass is 1870 g/mol. The molecule has 0 saturated carbocycles. The Hall–Kier alpha value is -10.8. The predicted octanol–water partition coefficient (Wildman–Crippen LogP) is 4.97. The lowest BCUT2D eigenvalue weighted by atomic mass is 9.84. The molecule has 8 aliphatic heterocycles. The van der Waals surface area contributed by atoms with Gasteiger partial charge in [0.25, 0.3) is 6.47 Å². The number of alkyl halides is 3. The summed E-state index contributed by atoms with van der Waals surface area (Å²) in [6.45, 7) is 5.80. The number of benzene rings is 7. The van der Waals surface area contributed by atoms with E-state index in [4.69, 9.17) is 66.8 Å². The number of hydrogen-bond acceptors (Lipinski definition) is 31. The average Bonchev–Trinajstić information content (AvgIpc) is 0.756. The fourth-order valence-electron chi connectivity index (χ4n) is 17.1. The van der Waals surface area contributed by atoms with Gasteiger partial charge in [-0.2, -0.15) is 13.2 Å². The number of phenolic OH excluding ortho intramolecular Hbond substituents is 3. The van der Waals surface area contributed by atoms with Gasteiger partial charge in [0.2, 0.25) is 47.8 Å². The second kappa shape index (κ2) is 40.8. The van der Waals surface area contributed by atoms with Crippen LogP contribution in [0.25, 0.3) is 22.3 Å². The molecule has 0 spiro atoms. The number of nitrogens with two attached hydrogens (primary N) is 1. The van der Waals surface area contributed by atoms with Gasteiger partial charge >= 0.3 is 6.18 Å². The zero-order valence-electron chi connectivity index (χ0n) is 70.8. The Morgan fingerprint density at radius 3 is 1.89 bits per heavy atom. The number of aromatic hydroxyl groups is 3. The van der Waals surface area contributed by atoms with Crippen molar-refractivity contribution in [3.8, 4) is 68.2 Å². The van der Waals surface area contributed by atoms with Gasteiger partial charge < -0.3 is 142 Å². The Morgan fingerprint density at radius 1 is 0.679 bits per heavy atom. The van der Waals surface area contributed by atoms with E-state index in [1.807, 2.05) is 13.8 Å². The van der Waals surface area contributed by atoms with Crippen LogP contribution in [0.15, 0.2) is 121 Å². The fraction of sp³-hybridized carbons (Fsp3) is 0.444. The highest BCUT2D eigenvalue weighted by Crippen LogP contribution is 2.52. The summed E-state index contributed by atoms with van der Waals surface area (Å²) in [7, 11) is 0. The molecular weight excluding hydrogens is 1770 g/mol. The van der Waals surface area contributed by atoms with E-state index < -0.39 is 305 Å². The lowest BCUT2D eigenvalue weighted by Gasteiger charge is -2.48. The van der Waals surface area contributed by atoms with Crippen molar-refractivity contribution in [2.45, 2.75) is 220 Å². The second-order valence-electron chi connectivity index (χ2n) is 33.8. The zero-order chi connectivity index (χ0) is 94.8. The number of halogens is 5. The van der Waals surface area contributed by atoms with E-state index in [-0.39, 0.29) is 59.2 Å². The van der Waals surface area contributed by atoms with Crippen molar-refractivity contribution >= 4 is 70.8 Å². The molecule has 8 heterocycles. The molecule has 0 aliphatic carbocycles. The number of aliphatic hydroxyl groups excluding tert-OH is 10. The third kappa shape index (κ3) is 21.3. The Kier molecular flexibility index (Phi) is 30.4. The molecule has 21 N–H and O–H groups in total. The number of aliphatic hydroxyl groups is 10. The topological polar surface area (TPSA) is 572 Å². The number of nitrogens with one attached hydrogen (secondary N) is 6. The largest absolute Gasteiger partial charge is 0.507 e. The van der Waals surface area contributed by atoms with Crippen LogP contribution < -0.4 is 51.8 Å². The van der Waals surface area contributed by atoms with E-state index in [1.54, 1.807) is 38.1 Å². The lowest BCUT2D eigenvalue weighted by Crippen LogP contribution is -2.65. The van der Waals surface area contributed by atoms with Crippen LogP contribution in [0.1, 0.15) is 148 Å². The van der Waals surface area contributed by atoms with Crippen LogP contribution in [0.3, 0.4) is 0 Å². The molecule has 23 atom stereocenters. The van der Waals surface area contributed by atoms with Crippen molar-refractivity contribution in [1.29, 1.82) is 0 Å². The third-order valence-corrected chi connectivity index (χ3v) is 25.0. The summed E-state index contributed by atoms with van der Waals surface area (Å²) >= 11 is 14.4. The molecule has 131 heavy (non-hydrogen) atoms. The molecule has 704 valence electrons. The first kappa shape index (κ1) is 97.8. The van der Waals surface area contributed by atoms with Crippen LogP contribution in [0.2, 0.25) is 10.0 Å². The van der Waals surface area contributed by atoms with Crippen LogP contribution in [0, 0.1) is 17.8 Å². The zero-order valence-corrected chi connectivity index (χ0v) is 72.3. The summed E-state index contributed by atoms with van der Waals surface area (Å²) in [5.74, 6) is -18.6. The van der Waals surface area contributed by atoms with Crippen molar-refractivity contribution in [2.75, 3.05) is 13.2 Å². The minimum atomic E-state index is -4.56. The maximum absolute atomic E-state index is 16.6. The highest BCUT2D eigenvalue weighted by Gasteiger charge is 2.53. The highest BCUT2D eigenvalue weighted by molar-refractivity contribution is 6.32. The van der Waals surface area contributed by atoms with Crippen LogP contribution in [0.4, 0.5) is 13.2 Å².